The molecule has 1 aliphatic heterocycles. The van der Waals surface area contributed by atoms with Crippen LogP contribution in [0.2, 0.25) is 0 Å². The van der Waals surface area contributed by atoms with E-state index in [4.69, 9.17) is 10.5 Å². The third-order valence-electron chi connectivity index (χ3n) is 7.59. The second-order valence-electron chi connectivity index (χ2n) is 12.8. The zero-order chi connectivity index (χ0) is 36.5. The van der Waals surface area contributed by atoms with Gasteiger partial charge in [-0.05, 0) is 55.2 Å². The number of carbonyl (C=O) groups excluding carboxylic acids is 7. The van der Waals surface area contributed by atoms with Crippen molar-refractivity contribution in [3.63, 3.8) is 0 Å². The Labute approximate surface area is 287 Å². The predicted octanol–water partition coefficient (Wildman–Crippen LogP) is 2.41. The van der Waals surface area contributed by atoms with Crippen LogP contribution < -0.4 is 27.0 Å². The second-order valence-corrected chi connectivity index (χ2v) is 12.8. The van der Waals surface area contributed by atoms with E-state index in [-0.39, 0.29) is 56.2 Å². The molecule has 15 heteroatoms. The van der Waals surface area contributed by atoms with E-state index in [9.17, 15) is 33.6 Å². The van der Waals surface area contributed by atoms with E-state index in [1.807, 2.05) is 13.8 Å². The van der Waals surface area contributed by atoms with Gasteiger partial charge in [-0.3, -0.25) is 28.9 Å². The molecule has 0 bridgehead atoms. The van der Waals surface area contributed by atoms with Crippen molar-refractivity contribution in [2.24, 2.45) is 17.6 Å². The number of rotatable bonds is 20. The number of primary amides is 1. The molecule has 1 aliphatic rings. The van der Waals surface area contributed by atoms with E-state index in [1.54, 1.807) is 45.2 Å². The number of benzene rings is 1. The fourth-order valence-corrected chi connectivity index (χ4v) is 5.00. The van der Waals surface area contributed by atoms with Crippen molar-refractivity contribution in [2.45, 2.75) is 84.9 Å². The van der Waals surface area contributed by atoms with Crippen LogP contribution in [0.5, 0.6) is 0 Å². The molecule has 270 valence electrons. The summed E-state index contributed by atoms with van der Waals surface area (Å²) in [6.45, 7) is 8.64. The maximum Gasteiger partial charge on any atom is 0.409 e. The summed E-state index contributed by atoms with van der Waals surface area (Å²) in [5, 5.41) is 10.8. The summed E-state index contributed by atoms with van der Waals surface area (Å²) >= 11 is 0. The van der Waals surface area contributed by atoms with Crippen molar-refractivity contribution in [1.29, 1.82) is 0 Å². The second kappa shape index (κ2) is 20.4. The van der Waals surface area contributed by atoms with Crippen molar-refractivity contribution >= 4 is 47.3 Å². The van der Waals surface area contributed by atoms with Crippen LogP contribution in [0.1, 0.15) is 71.8 Å². The molecule has 0 aliphatic carbocycles. The number of hydrogen-bond acceptors (Lipinski definition) is 8. The Bertz CT molecular complexity index is 1330. The number of amides is 8. The van der Waals surface area contributed by atoms with Gasteiger partial charge in [0.2, 0.25) is 17.7 Å². The third kappa shape index (κ3) is 14.8. The van der Waals surface area contributed by atoms with Gasteiger partial charge in [0, 0.05) is 50.9 Å². The summed E-state index contributed by atoms with van der Waals surface area (Å²) in [5.74, 6) is -2.06. The Hall–Kier alpha value is -4.95. The first kappa shape index (κ1) is 40.2. The Kier molecular flexibility index (Phi) is 16.8. The van der Waals surface area contributed by atoms with Crippen molar-refractivity contribution in [1.82, 2.24) is 25.8 Å². The van der Waals surface area contributed by atoms with Gasteiger partial charge in [0.25, 0.3) is 11.8 Å². The summed E-state index contributed by atoms with van der Waals surface area (Å²) in [7, 11) is 1.67. The third-order valence-corrected chi connectivity index (χ3v) is 7.59. The number of nitrogens with zero attached hydrogens (tertiary/aromatic N) is 2. The summed E-state index contributed by atoms with van der Waals surface area (Å²) < 4.78 is 5.35. The number of nitrogens with one attached hydrogen (secondary N) is 4. The number of imide groups is 1. The Morgan fingerprint density at radius 2 is 1.53 bits per heavy atom. The smallest absolute Gasteiger partial charge is 0.409 e. The van der Waals surface area contributed by atoms with Crippen molar-refractivity contribution in [3.05, 3.63) is 42.0 Å². The van der Waals surface area contributed by atoms with Crippen LogP contribution in [-0.4, -0.2) is 90.2 Å². The van der Waals surface area contributed by atoms with Crippen molar-refractivity contribution in [2.75, 3.05) is 32.0 Å². The Morgan fingerprint density at radius 3 is 2.12 bits per heavy atom. The van der Waals surface area contributed by atoms with E-state index in [0.717, 1.165) is 10.5 Å². The maximum absolute atomic E-state index is 13.4. The topological polar surface area (TPSA) is 209 Å². The van der Waals surface area contributed by atoms with Gasteiger partial charge < -0.3 is 36.6 Å². The van der Waals surface area contributed by atoms with E-state index < -0.39 is 36.0 Å². The van der Waals surface area contributed by atoms with Gasteiger partial charge in [-0.2, -0.15) is 0 Å². The maximum atomic E-state index is 13.4. The lowest BCUT2D eigenvalue weighted by Gasteiger charge is -2.25. The molecular weight excluding hydrogens is 634 g/mol. The molecule has 2 rings (SSSR count). The van der Waals surface area contributed by atoms with Gasteiger partial charge in [0.1, 0.15) is 18.7 Å². The standard InChI is InChI=1S/C34H51N7O8/c1-22(2)20-40(5)34(48)49-21-24-12-14-25(15-13-24)37-31(45)26(10-9-18-36-33(35)47)38-32(46)30(23(3)4)39-27(42)11-7-6-8-19-41-28(43)16-17-29(41)44/h12-17,22-23,26,30H,6-11,18-21H2,1-5H3,(H,37,45)(H,38,46)(H,39,42)(H3,35,36,47)/t26-,30-/m0/s1. The van der Waals surface area contributed by atoms with E-state index in [2.05, 4.69) is 21.3 Å². The van der Waals surface area contributed by atoms with Crippen LogP contribution in [0, 0.1) is 11.8 Å². The van der Waals surface area contributed by atoms with Crippen LogP contribution in [-0.2, 0) is 35.3 Å². The molecule has 15 nitrogen and oxygen atoms in total. The summed E-state index contributed by atoms with van der Waals surface area (Å²) in [6.07, 6.45) is 4.32. The average molecular weight is 686 g/mol. The molecule has 0 unspecified atom stereocenters. The van der Waals surface area contributed by atoms with Crippen molar-refractivity contribution < 1.29 is 38.3 Å². The molecule has 0 fully saturated rings. The van der Waals surface area contributed by atoms with E-state index in [1.165, 1.54) is 17.1 Å². The van der Waals surface area contributed by atoms with E-state index in [0.29, 0.717) is 43.8 Å². The molecule has 1 heterocycles. The predicted molar refractivity (Wildman–Crippen MR) is 183 cm³/mol. The number of urea groups is 1. The summed E-state index contributed by atoms with van der Waals surface area (Å²) in [5.41, 5.74) is 6.32. The highest BCUT2D eigenvalue weighted by Crippen LogP contribution is 2.14. The van der Waals surface area contributed by atoms with Gasteiger partial charge in [0.05, 0.1) is 0 Å². The molecule has 0 saturated heterocycles. The highest BCUT2D eigenvalue weighted by atomic mass is 16.6. The molecule has 8 amide bonds. The molecular formula is C34H51N7O8. The largest absolute Gasteiger partial charge is 0.445 e. The lowest BCUT2D eigenvalue weighted by molar-refractivity contribution is -0.137. The molecule has 49 heavy (non-hydrogen) atoms. The van der Waals surface area contributed by atoms with Crippen LogP contribution >= 0.6 is 0 Å². The van der Waals surface area contributed by atoms with Crippen LogP contribution in [0.25, 0.3) is 0 Å². The zero-order valence-corrected chi connectivity index (χ0v) is 29.1. The highest BCUT2D eigenvalue weighted by molar-refractivity contribution is 6.12. The number of ether oxygens (including phenoxy) is 1. The molecule has 0 radical (unpaired) electrons. The SMILES string of the molecule is CC(C)CN(C)C(=O)OCc1ccc(NC(=O)[C@H](CCCNC(N)=O)NC(=O)[C@@H](NC(=O)CCCCCN2C(=O)C=CC2=O)C(C)C)cc1. The van der Waals surface area contributed by atoms with Crippen LogP contribution in [0.3, 0.4) is 0 Å². The van der Waals surface area contributed by atoms with Crippen molar-refractivity contribution in [3.8, 4) is 0 Å². The Balaban J connectivity index is 1.95. The molecule has 2 atom stereocenters. The summed E-state index contributed by atoms with van der Waals surface area (Å²) in [4.78, 5) is 88.7. The molecule has 1 aromatic rings. The van der Waals surface area contributed by atoms with Gasteiger partial charge in [-0.15, -0.1) is 0 Å². The number of anilines is 1. The van der Waals surface area contributed by atoms with Gasteiger partial charge in [-0.25, -0.2) is 9.59 Å². The van der Waals surface area contributed by atoms with Crippen LogP contribution in [0.15, 0.2) is 36.4 Å². The van der Waals surface area contributed by atoms with Gasteiger partial charge in [-0.1, -0.05) is 46.2 Å². The first-order valence-corrected chi connectivity index (χ1v) is 16.6. The number of hydrogen-bond donors (Lipinski definition) is 5. The average Bonchev–Trinajstić information content (AvgIpc) is 3.35. The highest BCUT2D eigenvalue weighted by Gasteiger charge is 2.29. The quantitative estimate of drug-likeness (QED) is 0.101. The normalized spacial score (nSPS) is 13.7. The molecule has 1 aromatic carbocycles. The minimum absolute atomic E-state index is 0.0572. The summed E-state index contributed by atoms with van der Waals surface area (Å²) in [6, 6.07) is 4.11. The minimum Gasteiger partial charge on any atom is -0.445 e. The van der Waals surface area contributed by atoms with Crippen LogP contribution in [0.4, 0.5) is 15.3 Å². The van der Waals surface area contributed by atoms with Gasteiger partial charge >= 0.3 is 12.1 Å². The molecule has 0 aromatic heterocycles. The minimum atomic E-state index is -0.997. The molecule has 6 N–H and O–H groups in total. The fraction of sp³-hybridized carbons (Fsp3) is 0.559. The fourth-order valence-electron chi connectivity index (χ4n) is 5.00. The first-order valence-electron chi connectivity index (χ1n) is 16.6. The lowest BCUT2D eigenvalue weighted by Crippen LogP contribution is -2.54. The number of nitrogens with two attached hydrogens (primary N) is 1. The van der Waals surface area contributed by atoms with Gasteiger partial charge in [0.15, 0.2) is 0 Å². The zero-order valence-electron chi connectivity index (χ0n) is 29.1. The number of carbonyl (C=O) groups is 7. The first-order chi connectivity index (χ1) is 23.2. The molecule has 0 spiro atoms. The lowest BCUT2D eigenvalue weighted by atomic mass is 10.0. The Morgan fingerprint density at radius 1 is 0.878 bits per heavy atom. The monoisotopic (exact) mass is 685 g/mol. The number of unbranched alkanes of at least 4 members (excludes halogenated alkanes) is 2. The molecule has 0 saturated carbocycles. The van der Waals surface area contributed by atoms with E-state index >= 15 is 0 Å².